The monoisotopic (exact) mass is 223 g/mol. The van der Waals surface area contributed by atoms with Gasteiger partial charge in [-0.3, -0.25) is 10.2 Å². The van der Waals surface area contributed by atoms with E-state index in [1.807, 2.05) is 5.01 Å². The Hall–Kier alpha value is -1.49. The highest BCUT2D eigenvalue weighted by molar-refractivity contribution is 5.93. The van der Waals surface area contributed by atoms with Crippen molar-refractivity contribution in [1.82, 2.24) is 15.4 Å². The summed E-state index contributed by atoms with van der Waals surface area (Å²) in [7, 11) is 0. The fourth-order valence-electron chi connectivity index (χ4n) is 1.72. The van der Waals surface area contributed by atoms with Gasteiger partial charge in [0, 0.05) is 19.3 Å². The van der Waals surface area contributed by atoms with Crippen LogP contribution in [-0.2, 0) is 0 Å². The Labute approximate surface area is 93.4 Å². The molecular weight excluding hydrogens is 209 g/mol. The van der Waals surface area contributed by atoms with Crippen LogP contribution < -0.4 is 5.43 Å². The van der Waals surface area contributed by atoms with Crippen molar-refractivity contribution in [3.8, 4) is 0 Å². The second kappa shape index (κ2) is 5.03. The lowest BCUT2D eigenvalue weighted by molar-refractivity contribution is 0.0749. The molecule has 1 aromatic rings. The summed E-state index contributed by atoms with van der Waals surface area (Å²) in [5.74, 6) is -0.802. The van der Waals surface area contributed by atoms with Crippen molar-refractivity contribution in [3.63, 3.8) is 0 Å². The summed E-state index contributed by atoms with van der Waals surface area (Å²) in [6, 6.07) is 2.62. The minimum atomic E-state index is -0.575. The molecule has 16 heavy (non-hydrogen) atoms. The van der Waals surface area contributed by atoms with E-state index in [1.165, 1.54) is 24.8 Å². The van der Waals surface area contributed by atoms with Crippen LogP contribution in [0.5, 0.6) is 0 Å². The maximum atomic E-state index is 12.6. The molecule has 1 aliphatic heterocycles. The van der Waals surface area contributed by atoms with Crippen LogP contribution in [0.4, 0.5) is 4.39 Å². The summed E-state index contributed by atoms with van der Waals surface area (Å²) in [5.41, 5.74) is 3.17. The van der Waals surface area contributed by atoms with E-state index in [0.717, 1.165) is 25.9 Å². The van der Waals surface area contributed by atoms with Crippen LogP contribution in [0, 0.1) is 5.95 Å². The fraction of sp³-hybridized carbons (Fsp3) is 0.455. The van der Waals surface area contributed by atoms with E-state index >= 15 is 0 Å². The first-order valence-electron chi connectivity index (χ1n) is 5.43. The number of carbonyl (C=O) groups excluding carboxylic acids is 1. The van der Waals surface area contributed by atoms with Crippen LogP contribution in [0.3, 0.4) is 0 Å². The highest BCUT2D eigenvalue weighted by Gasteiger charge is 2.14. The number of halogens is 1. The Morgan fingerprint density at radius 2 is 2.06 bits per heavy atom. The SMILES string of the molecule is O=C(NN1CCCCC1)c1ccc(F)nc1. The van der Waals surface area contributed by atoms with Crippen LogP contribution in [0.2, 0.25) is 0 Å². The summed E-state index contributed by atoms with van der Waals surface area (Å²) in [6.07, 6.45) is 4.66. The summed E-state index contributed by atoms with van der Waals surface area (Å²) < 4.78 is 12.6. The topological polar surface area (TPSA) is 45.2 Å². The largest absolute Gasteiger partial charge is 0.285 e. The molecule has 1 aromatic heterocycles. The number of carbonyl (C=O) groups is 1. The summed E-state index contributed by atoms with van der Waals surface area (Å²) in [5, 5.41) is 1.90. The quantitative estimate of drug-likeness (QED) is 0.770. The van der Waals surface area contributed by atoms with Crippen LogP contribution in [0.15, 0.2) is 18.3 Å². The van der Waals surface area contributed by atoms with Gasteiger partial charge in [-0.15, -0.1) is 0 Å². The van der Waals surface area contributed by atoms with Crippen molar-refractivity contribution in [3.05, 3.63) is 29.8 Å². The predicted octanol–water partition coefficient (Wildman–Crippen LogP) is 1.35. The molecule has 2 rings (SSSR count). The molecule has 0 radical (unpaired) electrons. The van der Waals surface area contributed by atoms with Crippen molar-refractivity contribution in [2.75, 3.05) is 13.1 Å². The molecule has 0 atom stereocenters. The molecular formula is C11H14FN3O. The number of hydrazine groups is 1. The second-order valence-corrected chi connectivity index (χ2v) is 3.86. The van der Waals surface area contributed by atoms with Crippen LogP contribution in [0.1, 0.15) is 29.6 Å². The van der Waals surface area contributed by atoms with Crippen molar-refractivity contribution in [2.24, 2.45) is 0 Å². The Kier molecular flexibility index (Phi) is 3.46. The molecule has 0 bridgehead atoms. The molecule has 0 unspecified atom stereocenters. The van der Waals surface area contributed by atoms with Gasteiger partial charge in [-0.1, -0.05) is 6.42 Å². The van der Waals surface area contributed by atoms with Gasteiger partial charge in [0.1, 0.15) is 0 Å². The molecule has 1 fully saturated rings. The molecule has 0 spiro atoms. The van der Waals surface area contributed by atoms with Crippen molar-refractivity contribution in [2.45, 2.75) is 19.3 Å². The first-order valence-corrected chi connectivity index (χ1v) is 5.43. The first kappa shape index (κ1) is 11.0. The third-order valence-corrected chi connectivity index (χ3v) is 2.61. The lowest BCUT2D eigenvalue weighted by Crippen LogP contribution is -2.45. The van der Waals surface area contributed by atoms with Crippen molar-refractivity contribution < 1.29 is 9.18 Å². The zero-order valence-corrected chi connectivity index (χ0v) is 8.95. The zero-order chi connectivity index (χ0) is 11.4. The molecule has 4 nitrogen and oxygen atoms in total. The lowest BCUT2D eigenvalue weighted by atomic mass is 10.2. The molecule has 0 aliphatic carbocycles. The number of aromatic nitrogens is 1. The van der Waals surface area contributed by atoms with Gasteiger partial charge >= 0.3 is 0 Å². The first-order chi connectivity index (χ1) is 7.75. The van der Waals surface area contributed by atoms with E-state index in [2.05, 4.69) is 10.4 Å². The second-order valence-electron chi connectivity index (χ2n) is 3.86. The molecule has 5 heteroatoms. The smallest absolute Gasteiger partial charge is 0.267 e. The molecule has 1 saturated heterocycles. The van der Waals surface area contributed by atoms with Gasteiger partial charge in [-0.2, -0.15) is 4.39 Å². The normalized spacial score (nSPS) is 17.1. The highest BCUT2D eigenvalue weighted by atomic mass is 19.1. The predicted molar refractivity (Wildman–Crippen MR) is 57.1 cm³/mol. The van der Waals surface area contributed by atoms with E-state index < -0.39 is 5.95 Å². The van der Waals surface area contributed by atoms with Gasteiger partial charge in [-0.05, 0) is 25.0 Å². The number of pyridine rings is 1. The Bertz CT molecular complexity index is 360. The van der Waals surface area contributed by atoms with Gasteiger partial charge in [0.25, 0.3) is 5.91 Å². The molecule has 86 valence electrons. The third kappa shape index (κ3) is 2.76. The van der Waals surface area contributed by atoms with Crippen molar-refractivity contribution >= 4 is 5.91 Å². The average molecular weight is 223 g/mol. The third-order valence-electron chi connectivity index (χ3n) is 2.61. The van der Waals surface area contributed by atoms with Crippen LogP contribution in [0.25, 0.3) is 0 Å². The maximum Gasteiger partial charge on any atom is 0.267 e. The van der Waals surface area contributed by atoms with E-state index in [4.69, 9.17) is 0 Å². The molecule has 0 aromatic carbocycles. The number of amides is 1. The van der Waals surface area contributed by atoms with E-state index in [9.17, 15) is 9.18 Å². The summed E-state index contributed by atoms with van der Waals surface area (Å²) in [4.78, 5) is 15.2. The molecule has 0 saturated carbocycles. The molecule has 1 amide bonds. The van der Waals surface area contributed by atoms with Crippen molar-refractivity contribution in [1.29, 1.82) is 0 Å². The minimum Gasteiger partial charge on any atom is -0.285 e. The number of piperidine rings is 1. The standard InChI is InChI=1S/C11H14FN3O/c12-10-5-4-9(8-13-10)11(16)14-15-6-2-1-3-7-15/h4-5,8H,1-3,6-7H2,(H,14,16). The molecule has 2 heterocycles. The van der Waals surface area contributed by atoms with Crippen LogP contribution in [-0.4, -0.2) is 29.0 Å². The summed E-state index contributed by atoms with van der Waals surface area (Å²) in [6.45, 7) is 1.75. The fourth-order valence-corrected chi connectivity index (χ4v) is 1.72. The van der Waals surface area contributed by atoms with Gasteiger partial charge in [-0.25, -0.2) is 9.99 Å². The Balaban J connectivity index is 1.94. The number of rotatable bonds is 2. The van der Waals surface area contributed by atoms with Gasteiger partial charge in [0.05, 0.1) is 5.56 Å². The number of hydrogen-bond acceptors (Lipinski definition) is 3. The van der Waals surface area contributed by atoms with Crippen LogP contribution >= 0.6 is 0 Å². The highest BCUT2D eigenvalue weighted by Crippen LogP contribution is 2.07. The Morgan fingerprint density at radius 1 is 1.31 bits per heavy atom. The average Bonchev–Trinajstić information content (AvgIpc) is 2.31. The number of hydrogen-bond donors (Lipinski definition) is 1. The van der Waals surface area contributed by atoms with Gasteiger partial charge < -0.3 is 0 Å². The minimum absolute atomic E-state index is 0.227. The maximum absolute atomic E-state index is 12.6. The van der Waals surface area contributed by atoms with Gasteiger partial charge in [0.2, 0.25) is 5.95 Å². The zero-order valence-electron chi connectivity index (χ0n) is 8.95. The van der Waals surface area contributed by atoms with E-state index in [0.29, 0.717) is 5.56 Å². The van der Waals surface area contributed by atoms with Gasteiger partial charge in [0.15, 0.2) is 0 Å². The lowest BCUT2D eigenvalue weighted by Gasteiger charge is -2.26. The number of nitrogens with one attached hydrogen (secondary N) is 1. The molecule has 1 aliphatic rings. The summed E-state index contributed by atoms with van der Waals surface area (Å²) >= 11 is 0. The van der Waals surface area contributed by atoms with E-state index in [1.54, 1.807) is 0 Å². The number of nitrogens with zero attached hydrogens (tertiary/aromatic N) is 2. The van der Waals surface area contributed by atoms with E-state index in [-0.39, 0.29) is 5.91 Å². The Morgan fingerprint density at radius 3 is 2.69 bits per heavy atom. The molecule has 1 N–H and O–H groups in total.